The zero-order valence-corrected chi connectivity index (χ0v) is 10.3. The lowest BCUT2D eigenvalue weighted by molar-refractivity contribution is -0.384. The van der Waals surface area contributed by atoms with Gasteiger partial charge in [0.15, 0.2) is 0 Å². The van der Waals surface area contributed by atoms with Crippen molar-refractivity contribution in [2.75, 3.05) is 7.11 Å². The highest BCUT2D eigenvalue weighted by atomic mass is 35.5. The number of nitrogens with zero attached hydrogens (tertiary/aromatic N) is 1. The Morgan fingerprint density at radius 1 is 1.22 bits per heavy atom. The molecule has 0 fully saturated rings. The van der Waals surface area contributed by atoms with Crippen LogP contribution in [-0.2, 0) is 0 Å². The lowest BCUT2D eigenvalue weighted by atomic mass is 10.0. The number of methoxy groups -OCH3 is 1. The van der Waals surface area contributed by atoms with Gasteiger partial charge in [-0.05, 0) is 23.8 Å². The van der Waals surface area contributed by atoms with Crippen LogP contribution in [0.3, 0.4) is 0 Å². The first-order valence-corrected chi connectivity index (χ1v) is 5.58. The molecule has 0 radical (unpaired) electrons. The summed E-state index contributed by atoms with van der Waals surface area (Å²) in [6, 6.07) is 11.6. The monoisotopic (exact) mass is 263 g/mol. The van der Waals surface area contributed by atoms with Crippen LogP contribution in [0.1, 0.15) is 0 Å². The Labute approximate surface area is 109 Å². The van der Waals surface area contributed by atoms with E-state index in [0.717, 1.165) is 5.56 Å². The van der Waals surface area contributed by atoms with Crippen LogP contribution >= 0.6 is 11.6 Å². The van der Waals surface area contributed by atoms with E-state index in [1.165, 1.54) is 19.2 Å². The Morgan fingerprint density at radius 2 is 2.00 bits per heavy atom. The Balaban J connectivity index is 2.60. The van der Waals surface area contributed by atoms with Crippen molar-refractivity contribution >= 4 is 17.3 Å². The Hall–Kier alpha value is -2.07. The topological polar surface area (TPSA) is 52.4 Å². The van der Waals surface area contributed by atoms with E-state index >= 15 is 0 Å². The van der Waals surface area contributed by atoms with Crippen molar-refractivity contribution in [1.29, 1.82) is 0 Å². The summed E-state index contributed by atoms with van der Waals surface area (Å²) < 4.78 is 5.21. The number of rotatable bonds is 3. The lowest BCUT2D eigenvalue weighted by Crippen LogP contribution is -1.92. The molecule has 0 aliphatic rings. The van der Waals surface area contributed by atoms with Crippen LogP contribution in [-0.4, -0.2) is 12.0 Å². The Morgan fingerprint density at radius 3 is 2.61 bits per heavy atom. The van der Waals surface area contributed by atoms with Gasteiger partial charge in [0.25, 0.3) is 5.69 Å². The fraction of sp³-hybridized carbons (Fsp3) is 0.0769. The van der Waals surface area contributed by atoms with E-state index in [0.29, 0.717) is 16.3 Å². The largest absolute Gasteiger partial charge is 0.496 e. The maximum atomic E-state index is 10.8. The van der Waals surface area contributed by atoms with E-state index < -0.39 is 4.92 Å². The highest BCUT2D eigenvalue weighted by Gasteiger charge is 2.12. The van der Waals surface area contributed by atoms with Crippen LogP contribution in [0.4, 0.5) is 5.69 Å². The highest BCUT2D eigenvalue weighted by molar-refractivity contribution is 6.30. The quantitative estimate of drug-likeness (QED) is 0.623. The molecule has 0 aliphatic carbocycles. The summed E-state index contributed by atoms with van der Waals surface area (Å²) in [5.74, 6) is 0.572. The van der Waals surface area contributed by atoms with Gasteiger partial charge in [-0.2, -0.15) is 0 Å². The highest BCUT2D eigenvalue weighted by Crippen LogP contribution is 2.34. The molecule has 0 amide bonds. The number of hydrogen-bond donors (Lipinski definition) is 0. The average molecular weight is 264 g/mol. The summed E-state index contributed by atoms with van der Waals surface area (Å²) >= 11 is 5.92. The summed E-state index contributed by atoms with van der Waals surface area (Å²) in [4.78, 5) is 10.4. The maximum Gasteiger partial charge on any atom is 0.270 e. The number of benzene rings is 2. The molecule has 0 aliphatic heterocycles. The van der Waals surface area contributed by atoms with Crippen molar-refractivity contribution in [3.63, 3.8) is 0 Å². The van der Waals surface area contributed by atoms with Crippen molar-refractivity contribution in [1.82, 2.24) is 0 Å². The molecule has 0 N–H and O–H groups in total. The summed E-state index contributed by atoms with van der Waals surface area (Å²) in [6.45, 7) is 0. The molecule has 92 valence electrons. The fourth-order valence-corrected chi connectivity index (χ4v) is 1.88. The van der Waals surface area contributed by atoms with Crippen molar-refractivity contribution in [3.05, 3.63) is 57.6 Å². The Bertz CT molecular complexity index is 599. The van der Waals surface area contributed by atoms with Crippen LogP contribution in [0.5, 0.6) is 5.75 Å². The molecule has 0 aromatic heterocycles. The second-order valence-electron chi connectivity index (χ2n) is 3.65. The number of nitro groups is 1. The molecule has 18 heavy (non-hydrogen) atoms. The number of ether oxygens (including phenoxy) is 1. The summed E-state index contributed by atoms with van der Waals surface area (Å²) in [6.07, 6.45) is 0. The third-order valence-corrected chi connectivity index (χ3v) is 2.76. The molecule has 0 saturated heterocycles. The second-order valence-corrected chi connectivity index (χ2v) is 4.09. The fourth-order valence-electron chi connectivity index (χ4n) is 1.69. The minimum absolute atomic E-state index is 0.0192. The molecule has 5 heteroatoms. The third-order valence-electron chi connectivity index (χ3n) is 2.53. The molecule has 0 heterocycles. The zero-order chi connectivity index (χ0) is 13.1. The summed E-state index contributed by atoms with van der Waals surface area (Å²) in [7, 11) is 1.52. The smallest absolute Gasteiger partial charge is 0.270 e. The van der Waals surface area contributed by atoms with Crippen molar-refractivity contribution in [2.24, 2.45) is 0 Å². The van der Waals surface area contributed by atoms with E-state index in [-0.39, 0.29) is 5.69 Å². The number of hydrogen-bond acceptors (Lipinski definition) is 3. The molecule has 0 unspecified atom stereocenters. The number of nitro benzene ring substituents is 1. The zero-order valence-electron chi connectivity index (χ0n) is 9.59. The lowest BCUT2D eigenvalue weighted by Gasteiger charge is -2.08. The van der Waals surface area contributed by atoms with Gasteiger partial charge in [-0.25, -0.2) is 0 Å². The van der Waals surface area contributed by atoms with Gasteiger partial charge in [-0.15, -0.1) is 0 Å². The van der Waals surface area contributed by atoms with Crippen molar-refractivity contribution < 1.29 is 9.66 Å². The van der Waals surface area contributed by atoms with Crippen molar-refractivity contribution in [2.45, 2.75) is 0 Å². The Kier molecular flexibility index (Phi) is 3.48. The third kappa shape index (κ3) is 2.43. The summed E-state index contributed by atoms with van der Waals surface area (Å²) in [5, 5.41) is 11.4. The first kappa shape index (κ1) is 12.4. The molecule has 2 aromatic rings. The van der Waals surface area contributed by atoms with Gasteiger partial charge >= 0.3 is 0 Å². The van der Waals surface area contributed by atoms with Gasteiger partial charge in [0.2, 0.25) is 0 Å². The molecule has 4 nitrogen and oxygen atoms in total. The first-order chi connectivity index (χ1) is 8.61. The van der Waals surface area contributed by atoms with Crippen molar-refractivity contribution in [3.8, 4) is 16.9 Å². The average Bonchev–Trinajstić information content (AvgIpc) is 2.38. The number of halogens is 1. The normalized spacial score (nSPS) is 10.1. The molecule has 0 spiro atoms. The van der Waals surface area contributed by atoms with Crippen LogP contribution in [0, 0.1) is 10.1 Å². The molecule has 0 atom stereocenters. The number of non-ortho nitro benzene ring substituents is 1. The van der Waals surface area contributed by atoms with Gasteiger partial charge in [0.1, 0.15) is 5.75 Å². The molecule has 0 saturated carbocycles. The van der Waals surface area contributed by atoms with Crippen LogP contribution in [0.15, 0.2) is 42.5 Å². The maximum absolute atomic E-state index is 10.8. The molecule has 0 bridgehead atoms. The molecular formula is C13H10ClNO3. The minimum atomic E-state index is -0.437. The SMILES string of the molecule is COc1ccc([N+](=O)[O-])cc1-c1cccc(Cl)c1. The standard InChI is InChI=1S/C13H10ClNO3/c1-18-13-6-5-11(15(16)17)8-12(13)9-3-2-4-10(14)7-9/h2-8H,1H3. The van der Waals surface area contributed by atoms with Gasteiger partial charge < -0.3 is 4.74 Å². The van der Waals surface area contributed by atoms with Crippen LogP contribution in [0.25, 0.3) is 11.1 Å². The summed E-state index contributed by atoms with van der Waals surface area (Å²) in [5.41, 5.74) is 1.45. The van der Waals surface area contributed by atoms with Gasteiger partial charge in [-0.1, -0.05) is 23.7 Å². The van der Waals surface area contributed by atoms with E-state index in [1.807, 2.05) is 6.07 Å². The predicted molar refractivity (Wildman–Crippen MR) is 70.1 cm³/mol. The second kappa shape index (κ2) is 5.06. The van der Waals surface area contributed by atoms with E-state index in [1.54, 1.807) is 24.3 Å². The van der Waals surface area contributed by atoms with E-state index in [2.05, 4.69) is 0 Å². The molecular weight excluding hydrogens is 254 g/mol. The van der Waals surface area contributed by atoms with Crippen LogP contribution in [0.2, 0.25) is 5.02 Å². The van der Waals surface area contributed by atoms with Crippen LogP contribution < -0.4 is 4.74 Å². The minimum Gasteiger partial charge on any atom is -0.496 e. The van der Waals surface area contributed by atoms with Gasteiger partial charge in [0.05, 0.1) is 12.0 Å². The molecule has 2 rings (SSSR count). The van der Waals surface area contributed by atoms with E-state index in [4.69, 9.17) is 16.3 Å². The van der Waals surface area contributed by atoms with Gasteiger partial charge in [0, 0.05) is 22.7 Å². The predicted octanol–water partition coefficient (Wildman–Crippen LogP) is 3.92. The van der Waals surface area contributed by atoms with Gasteiger partial charge in [-0.3, -0.25) is 10.1 Å². The first-order valence-electron chi connectivity index (χ1n) is 5.20. The van der Waals surface area contributed by atoms with E-state index in [9.17, 15) is 10.1 Å². The molecule has 2 aromatic carbocycles.